The number of halogens is 2. The van der Waals surface area contributed by atoms with Crippen LogP contribution in [0.4, 0.5) is 16.3 Å². The molecular weight excluding hydrogens is 461 g/mol. The predicted octanol–water partition coefficient (Wildman–Crippen LogP) is 4.88. The van der Waals surface area contributed by atoms with Crippen molar-refractivity contribution in [2.75, 3.05) is 43.1 Å². The van der Waals surface area contributed by atoms with Crippen molar-refractivity contribution in [3.8, 4) is 11.4 Å². The Morgan fingerprint density at radius 1 is 0.970 bits per heavy atom. The third-order valence-corrected chi connectivity index (χ3v) is 6.58. The number of rotatable bonds is 3. The maximum Gasteiger partial charge on any atom is 0.322 e. The molecule has 1 aromatic heterocycles. The van der Waals surface area contributed by atoms with Gasteiger partial charge in [-0.05, 0) is 18.2 Å². The van der Waals surface area contributed by atoms with Gasteiger partial charge in [-0.25, -0.2) is 14.8 Å². The molecule has 0 saturated carbocycles. The Morgan fingerprint density at radius 2 is 1.76 bits per heavy atom. The molecule has 0 aliphatic carbocycles. The smallest absolute Gasteiger partial charge is 0.322 e. The zero-order chi connectivity index (χ0) is 22.8. The summed E-state index contributed by atoms with van der Waals surface area (Å²) >= 11 is 12.1. The number of nitrogens with one attached hydrogen (secondary N) is 1. The first-order valence-corrected chi connectivity index (χ1v) is 11.6. The van der Waals surface area contributed by atoms with Crippen LogP contribution >= 0.6 is 23.2 Å². The van der Waals surface area contributed by atoms with Gasteiger partial charge in [0.05, 0.1) is 35.5 Å². The number of urea groups is 1. The lowest BCUT2D eigenvalue weighted by molar-refractivity contribution is 0.122. The molecule has 0 bridgehead atoms. The number of hydrogen-bond acceptors (Lipinski definition) is 5. The van der Waals surface area contributed by atoms with Crippen molar-refractivity contribution in [2.24, 2.45) is 0 Å². The SMILES string of the molecule is O=C(Nc1ccc(Cl)c(Cl)c1)N1CCc2nc(-c3ccccc3)nc(N3CCOCC3)c2C1. The number of carbonyl (C=O) groups excluding carboxylic acids is 1. The van der Waals surface area contributed by atoms with Gasteiger partial charge in [-0.3, -0.25) is 0 Å². The summed E-state index contributed by atoms with van der Waals surface area (Å²) in [5.41, 5.74) is 3.56. The highest BCUT2D eigenvalue weighted by Crippen LogP contribution is 2.31. The maximum atomic E-state index is 13.0. The van der Waals surface area contributed by atoms with Crippen molar-refractivity contribution in [1.82, 2.24) is 14.9 Å². The molecule has 2 aromatic carbocycles. The first-order valence-electron chi connectivity index (χ1n) is 10.9. The van der Waals surface area contributed by atoms with Gasteiger partial charge in [-0.15, -0.1) is 0 Å². The molecule has 0 atom stereocenters. The van der Waals surface area contributed by atoms with E-state index in [0.29, 0.717) is 54.3 Å². The van der Waals surface area contributed by atoms with E-state index in [9.17, 15) is 4.79 Å². The van der Waals surface area contributed by atoms with Gasteiger partial charge in [0, 0.05) is 42.9 Å². The lowest BCUT2D eigenvalue weighted by Gasteiger charge is -2.34. The molecule has 2 aliphatic rings. The molecule has 0 spiro atoms. The number of aromatic nitrogens is 2. The summed E-state index contributed by atoms with van der Waals surface area (Å²) in [6.45, 7) is 3.82. The molecule has 170 valence electrons. The van der Waals surface area contributed by atoms with Gasteiger partial charge in [-0.1, -0.05) is 53.5 Å². The monoisotopic (exact) mass is 483 g/mol. The van der Waals surface area contributed by atoms with Gasteiger partial charge < -0.3 is 19.9 Å². The molecule has 2 amide bonds. The second-order valence-electron chi connectivity index (χ2n) is 7.99. The van der Waals surface area contributed by atoms with E-state index >= 15 is 0 Å². The lowest BCUT2D eigenvalue weighted by atomic mass is 10.0. The molecule has 7 nitrogen and oxygen atoms in total. The number of amides is 2. The topological polar surface area (TPSA) is 70.6 Å². The molecule has 1 fully saturated rings. The van der Waals surface area contributed by atoms with Crippen LogP contribution in [-0.4, -0.2) is 53.7 Å². The van der Waals surface area contributed by atoms with Crippen molar-refractivity contribution in [3.63, 3.8) is 0 Å². The molecule has 1 N–H and O–H groups in total. The summed E-state index contributed by atoms with van der Waals surface area (Å²) in [6, 6.07) is 14.8. The van der Waals surface area contributed by atoms with E-state index in [0.717, 1.165) is 35.7 Å². The number of hydrogen-bond donors (Lipinski definition) is 1. The van der Waals surface area contributed by atoms with Crippen molar-refractivity contribution >= 4 is 40.7 Å². The number of benzene rings is 2. The number of ether oxygens (including phenoxy) is 1. The second kappa shape index (κ2) is 9.55. The Balaban J connectivity index is 1.44. The summed E-state index contributed by atoms with van der Waals surface area (Å²) in [5, 5.41) is 3.76. The molecule has 33 heavy (non-hydrogen) atoms. The van der Waals surface area contributed by atoms with Crippen LogP contribution in [0.5, 0.6) is 0 Å². The summed E-state index contributed by atoms with van der Waals surface area (Å²) in [5.74, 6) is 1.60. The predicted molar refractivity (Wildman–Crippen MR) is 130 cm³/mol. The fourth-order valence-electron chi connectivity index (χ4n) is 4.10. The van der Waals surface area contributed by atoms with Crippen LogP contribution < -0.4 is 10.2 Å². The van der Waals surface area contributed by atoms with Gasteiger partial charge in [-0.2, -0.15) is 0 Å². The van der Waals surface area contributed by atoms with Gasteiger partial charge in [0.2, 0.25) is 0 Å². The van der Waals surface area contributed by atoms with Gasteiger partial charge >= 0.3 is 6.03 Å². The quantitative estimate of drug-likeness (QED) is 0.574. The molecule has 5 rings (SSSR count). The number of anilines is 2. The van der Waals surface area contributed by atoms with Crippen molar-refractivity contribution in [3.05, 3.63) is 69.8 Å². The molecule has 3 heterocycles. The van der Waals surface area contributed by atoms with Crippen LogP contribution in [0.2, 0.25) is 10.0 Å². The van der Waals surface area contributed by atoms with Crippen LogP contribution in [0.3, 0.4) is 0 Å². The zero-order valence-electron chi connectivity index (χ0n) is 17.9. The van der Waals surface area contributed by atoms with Gasteiger partial charge in [0.1, 0.15) is 5.82 Å². The standard InChI is InChI=1S/C24H23Cl2N5O2/c25-19-7-6-17(14-20(19)26)27-24(32)31-9-8-21-18(15-31)23(30-10-12-33-13-11-30)29-22(28-21)16-4-2-1-3-5-16/h1-7,14H,8-13,15H2,(H,27,32). The van der Waals surface area contributed by atoms with Gasteiger partial charge in [0.15, 0.2) is 5.82 Å². The van der Waals surface area contributed by atoms with Crippen LogP contribution in [-0.2, 0) is 17.7 Å². The normalized spacial score (nSPS) is 15.8. The van der Waals surface area contributed by atoms with E-state index in [1.165, 1.54) is 0 Å². The molecule has 9 heteroatoms. The largest absolute Gasteiger partial charge is 0.378 e. The molecule has 1 saturated heterocycles. The van der Waals surface area contributed by atoms with E-state index in [1.807, 2.05) is 30.3 Å². The number of carbonyl (C=O) groups is 1. The third kappa shape index (κ3) is 4.76. The van der Waals surface area contributed by atoms with Crippen molar-refractivity contribution < 1.29 is 9.53 Å². The van der Waals surface area contributed by atoms with Crippen LogP contribution in [0, 0.1) is 0 Å². The molecule has 0 radical (unpaired) electrons. The molecule has 0 unspecified atom stereocenters. The number of fused-ring (bicyclic) bond motifs is 1. The average Bonchev–Trinajstić information content (AvgIpc) is 2.86. The van der Waals surface area contributed by atoms with Gasteiger partial charge in [0.25, 0.3) is 0 Å². The Kier molecular flexibility index (Phi) is 6.35. The second-order valence-corrected chi connectivity index (χ2v) is 8.81. The maximum absolute atomic E-state index is 13.0. The fraction of sp³-hybridized carbons (Fsp3) is 0.292. The molecular formula is C24H23Cl2N5O2. The highest BCUT2D eigenvalue weighted by Gasteiger charge is 2.28. The van der Waals surface area contributed by atoms with Crippen LogP contribution in [0.1, 0.15) is 11.3 Å². The lowest BCUT2D eigenvalue weighted by Crippen LogP contribution is -2.42. The highest BCUT2D eigenvalue weighted by atomic mass is 35.5. The zero-order valence-corrected chi connectivity index (χ0v) is 19.4. The number of nitrogens with zero attached hydrogens (tertiary/aromatic N) is 4. The van der Waals surface area contributed by atoms with Crippen molar-refractivity contribution in [1.29, 1.82) is 0 Å². The minimum absolute atomic E-state index is 0.195. The van der Waals surface area contributed by atoms with E-state index in [-0.39, 0.29) is 6.03 Å². The summed E-state index contributed by atoms with van der Waals surface area (Å²) in [6.07, 6.45) is 0.657. The van der Waals surface area contributed by atoms with Crippen LogP contribution in [0.25, 0.3) is 11.4 Å². The summed E-state index contributed by atoms with van der Waals surface area (Å²) in [4.78, 5) is 26.9. The van der Waals surface area contributed by atoms with E-state index in [2.05, 4.69) is 10.2 Å². The molecule has 3 aromatic rings. The third-order valence-electron chi connectivity index (χ3n) is 5.84. The Hall–Kier alpha value is -2.87. The minimum Gasteiger partial charge on any atom is -0.378 e. The van der Waals surface area contributed by atoms with E-state index in [1.54, 1.807) is 23.1 Å². The summed E-state index contributed by atoms with van der Waals surface area (Å²) in [7, 11) is 0. The first-order chi connectivity index (χ1) is 16.1. The van der Waals surface area contributed by atoms with Crippen molar-refractivity contribution in [2.45, 2.75) is 13.0 Å². The fourth-order valence-corrected chi connectivity index (χ4v) is 4.40. The Bertz CT molecular complexity index is 1170. The minimum atomic E-state index is -0.195. The Morgan fingerprint density at radius 3 is 2.52 bits per heavy atom. The van der Waals surface area contributed by atoms with Crippen LogP contribution in [0.15, 0.2) is 48.5 Å². The summed E-state index contributed by atoms with van der Waals surface area (Å²) < 4.78 is 5.54. The van der Waals surface area contributed by atoms with E-state index < -0.39 is 0 Å². The van der Waals surface area contributed by atoms with E-state index in [4.69, 9.17) is 37.9 Å². The Labute approximate surface area is 202 Å². The first kappa shape index (κ1) is 21.9. The highest BCUT2D eigenvalue weighted by molar-refractivity contribution is 6.42. The number of morpholine rings is 1. The molecule has 2 aliphatic heterocycles. The average molecular weight is 484 g/mol.